The molecule has 0 fully saturated rings. The third-order valence-electron chi connectivity index (χ3n) is 2.17. The molecule has 0 aromatic rings. The van der Waals surface area contributed by atoms with Crippen molar-refractivity contribution in [2.45, 2.75) is 31.8 Å². The van der Waals surface area contributed by atoms with E-state index in [9.17, 15) is 19.2 Å². The monoisotopic (exact) mass is 276 g/mol. The van der Waals surface area contributed by atoms with E-state index in [0.717, 1.165) is 7.11 Å². The first-order valence-electron chi connectivity index (χ1n) is 5.37. The number of carbonyl (C=O) groups is 4. The topological polar surface area (TPSA) is 142 Å². The number of hydrogen-bond donors (Lipinski definition) is 4. The van der Waals surface area contributed by atoms with Crippen LogP contribution in [-0.4, -0.2) is 53.3 Å². The highest BCUT2D eigenvalue weighted by molar-refractivity contribution is 5.89. The Labute approximate surface area is 108 Å². The summed E-state index contributed by atoms with van der Waals surface area (Å²) in [6.07, 6.45) is -1.47. The molecule has 0 aliphatic carbocycles. The maximum atomic E-state index is 11.6. The smallest absolute Gasteiger partial charge is 0.407 e. The van der Waals surface area contributed by atoms with Gasteiger partial charge in [-0.3, -0.25) is 9.59 Å². The Morgan fingerprint density at radius 1 is 1.16 bits per heavy atom. The molecule has 19 heavy (non-hydrogen) atoms. The molecular formula is C10H16N2O7. The minimum absolute atomic E-state index is 0.249. The van der Waals surface area contributed by atoms with E-state index in [-0.39, 0.29) is 6.42 Å². The van der Waals surface area contributed by atoms with Gasteiger partial charge in [-0.05, 0) is 13.3 Å². The van der Waals surface area contributed by atoms with E-state index in [4.69, 9.17) is 10.2 Å². The number of carboxylic acids is 2. The van der Waals surface area contributed by atoms with Gasteiger partial charge in [-0.15, -0.1) is 0 Å². The average Bonchev–Trinajstić information content (AvgIpc) is 2.32. The summed E-state index contributed by atoms with van der Waals surface area (Å²) < 4.78 is 4.28. The second-order valence-corrected chi connectivity index (χ2v) is 3.69. The number of nitrogens with one attached hydrogen (secondary N) is 2. The number of carbonyl (C=O) groups excluding carboxylic acids is 2. The third kappa shape index (κ3) is 6.86. The standard InChI is InChI=1S/C10H16N2O7/c1-5(11-10(18)19-2)8(15)12-6(9(16)17)3-4-7(13)14/h5-6H,3-4H2,1-2H3,(H,11,18)(H,12,15)(H,13,14)(H,16,17)/t5-,6-/m0/s1. The fraction of sp³-hybridized carbons (Fsp3) is 0.600. The van der Waals surface area contributed by atoms with Crippen molar-refractivity contribution in [3.8, 4) is 0 Å². The molecule has 0 unspecified atom stereocenters. The SMILES string of the molecule is COC(=O)N[C@@H](C)C(=O)N[C@@H](CCC(=O)O)C(=O)O. The molecule has 0 aliphatic heterocycles. The number of methoxy groups -OCH3 is 1. The molecule has 0 aromatic heterocycles. The molecule has 0 spiro atoms. The molecular weight excluding hydrogens is 260 g/mol. The van der Waals surface area contributed by atoms with Gasteiger partial charge >= 0.3 is 18.0 Å². The molecule has 2 amide bonds. The maximum absolute atomic E-state index is 11.6. The predicted molar refractivity (Wildman–Crippen MR) is 61.4 cm³/mol. The zero-order chi connectivity index (χ0) is 15.0. The number of ether oxygens (including phenoxy) is 1. The predicted octanol–water partition coefficient (Wildman–Crippen LogP) is -0.835. The molecule has 0 aromatic carbocycles. The lowest BCUT2D eigenvalue weighted by atomic mass is 10.1. The van der Waals surface area contributed by atoms with Crippen molar-refractivity contribution in [2.24, 2.45) is 0 Å². The van der Waals surface area contributed by atoms with Gasteiger partial charge in [0, 0.05) is 6.42 Å². The van der Waals surface area contributed by atoms with Gasteiger partial charge in [-0.1, -0.05) is 0 Å². The summed E-state index contributed by atoms with van der Waals surface area (Å²) in [5.41, 5.74) is 0. The van der Waals surface area contributed by atoms with E-state index >= 15 is 0 Å². The van der Waals surface area contributed by atoms with Crippen molar-refractivity contribution in [3.05, 3.63) is 0 Å². The number of hydrogen-bond acceptors (Lipinski definition) is 5. The van der Waals surface area contributed by atoms with Gasteiger partial charge in [0.25, 0.3) is 0 Å². The molecule has 0 bridgehead atoms. The van der Waals surface area contributed by atoms with Crippen LogP contribution in [0.5, 0.6) is 0 Å². The molecule has 0 aliphatic rings. The van der Waals surface area contributed by atoms with Crippen molar-refractivity contribution in [2.75, 3.05) is 7.11 Å². The Bertz CT molecular complexity index is 369. The van der Waals surface area contributed by atoms with Crippen LogP contribution in [0.25, 0.3) is 0 Å². The van der Waals surface area contributed by atoms with Gasteiger partial charge in [0.05, 0.1) is 7.11 Å². The lowest BCUT2D eigenvalue weighted by Gasteiger charge is -2.17. The largest absolute Gasteiger partial charge is 0.481 e. The molecule has 2 atom stereocenters. The highest BCUT2D eigenvalue weighted by Gasteiger charge is 2.24. The van der Waals surface area contributed by atoms with Crippen LogP contribution in [0, 0.1) is 0 Å². The molecule has 108 valence electrons. The minimum atomic E-state index is -1.35. The van der Waals surface area contributed by atoms with Crippen molar-refractivity contribution >= 4 is 23.9 Å². The molecule has 0 saturated carbocycles. The summed E-state index contributed by atoms with van der Waals surface area (Å²) in [7, 11) is 1.12. The maximum Gasteiger partial charge on any atom is 0.407 e. The summed E-state index contributed by atoms with van der Waals surface area (Å²) in [5.74, 6) is -3.26. The molecule has 4 N–H and O–H groups in total. The fourth-order valence-electron chi connectivity index (χ4n) is 1.12. The van der Waals surface area contributed by atoms with Crippen molar-refractivity contribution < 1.29 is 34.1 Å². The van der Waals surface area contributed by atoms with Crippen LogP contribution < -0.4 is 10.6 Å². The van der Waals surface area contributed by atoms with Crippen molar-refractivity contribution in [1.82, 2.24) is 10.6 Å². The molecule has 0 radical (unpaired) electrons. The summed E-state index contributed by atoms with van der Waals surface area (Å²) in [6, 6.07) is -2.33. The third-order valence-corrected chi connectivity index (χ3v) is 2.17. The van der Waals surface area contributed by atoms with Gasteiger partial charge in [0.1, 0.15) is 12.1 Å². The second kappa shape index (κ2) is 7.90. The van der Waals surface area contributed by atoms with Crippen LogP contribution in [0.2, 0.25) is 0 Å². The first kappa shape index (κ1) is 16.7. The lowest BCUT2D eigenvalue weighted by molar-refractivity contribution is -0.143. The van der Waals surface area contributed by atoms with E-state index in [1.165, 1.54) is 6.92 Å². The summed E-state index contributed by atoms with van der Waals surface area (Å²) in [6.45, 7) is 1.34. The lowest BCUT2D eigenvalue weighted by Crippen LogP contribution is -2.50. The zero-order valence-electron chi connectivity index (χ0n) is 10.5. The normalized spacial score (nSPS) is 12.9. The van der Waals surface area contributed by atoms with Gasteiger partial charge in [-0.25, -0.2) is 9.59 Å². The number of carboxylic acid groups (broad SMARTS) is 2. The van der Waals surface area contributed by atoms with E-state index < -0.39 is 42.4 Å². The van der Waals surface area contributed by atoms with Crippen LogP contribution in [0.1, 0.15) is 19.8 Å². The Balaban J connectivity index is 4.41. The fourth-order valence-corrected chi connectivity index (χ4v) is 1.12. The Hall–Kier alpha value is -2.32. The summed E-state index contributed by atoms with van der Waals surface area (Å²) >= 11 is 0. The average molecular weight is 276 g/mol. The Morgan fingerprint density at radius 2 is 1.74 bits per heavy atom. The molecule has 9 nitrogen and oxygen atoms in total. The second-order valence-electron chi connectivity index (χ2n) is 3.69. The van der Waals surface area contributed by atoms with Crippen molar-refractivity contribution in [3.63, 3.8) is 0 Å². The van der Waals surface area contributed by atoms with Crippen LogP contribution in [0.3, 0.4) is 0 Å². The van der Waals surface area contributed by atoms with E-state index in [2.05, 4.69) is 15.4 Å². The van der Waals surface area contributed by atoms with Crippen LogP contribution in [0.15, 0.2) is 0 Å². The number of alkyl carbamates (subject to hydrolysis) is 1. The van der Waals surface area contributed by atoms with Gasteiger partial charge in [0.15, 0.2) is 0 Å². The molecule has 0 saturated heterocycles. The van der Waals surface area contributed by atoms with Crippen LogP contribution in [-0.2, 0) is 19.1 Å². The van der Waals surface area contributed by atoms with Crippen LogP contribution >= 0.6 is 0 Å². The number of amides is 2. The number of rotatable bonds is 7. The summed E-state index contributed by atoms with van der Waals surface area (Å²) in [4.78, 5) is 43.6. The van der Waals surface area contributed by atoms with E-state index in [1.54, 1.807) is 0 Å². The van der Waals surface area contributed by atoms with Crippen molar-refractivity contribution in [1.29, 1.82) is 0 Å². The van der Waals surface area contributed by atoms with E-state index in [1.807, 2.05) is 0 Å². The van der Waals surface area contributed by atoms with Gasteiger partial charge < -0.3 is 25.6 Å². The first-order chi connectivity index (χ1) is 8.77. The molecule has 0 rings (SSSR count). The zero-order valence-corrected chi connectivity index (χ0v) is 10.5. The molecule has 9 heteroatoms. The quantitative estimate of drug-likeness (QED) is 0.475. The summed E-state index contributed by atoms with van der Waals surface area (Å²) in [5, 5.41) is 21.6. The van der Waals surface area contributed by atoms with Gasteiger partial charge in [-0.2, -0.15) is 0 Å². The Morgan fingerprint density at radius 3 is 2.16 bits per heavy atom. The van der Waals surface area contributed by atoms with Crippen LogP contribution in [0.4, 0.5) is 4.79 Å². The highest BCUT2D eigenvalue weighted by Crippen LogP contribution is 1.99. The number of aliphatic carboxylic acids is 2. The van der Waals surface area contributed by atoms with Gasteiger partial charge in [0.2, 0.25) is 5.91 Å². The Kier molecular flexibility index (Phi) is 6.94. The van der Waals surface area contributed by atoms with E-state index in [0.29, 0.717) is 0 Å². The minimum Gasteiger partial charge on any atom is -0.481 e. The highest BCUT2D eigenvalue weighted by atomic mass is 16.5. The molecule has 0 heterocycles. The first-order valence-corrected chi connectivity index (χ1v) is 5.37.